The first-order valence-electron chi connectivity index (χ1n) is 4.46. The van der Waals surface area contributed by atoms with E-state index in [0.717, 1.165) is 5.56 Å². The summed E-state index contributed by atoms with van der Waals surface area (Å²) in [4.78, 5) is 14.9. The molecule has 1 atom stereocenters. The summed E-state index contributed by atoms with van der Waals surface area (Å²) in [5, 5.41) is 0. The number of hydrogen-bond acceptors (Lipinski definition) is 4. The fourth-order valence-corrected chi connectivity index (χ4v) is 0.935. The van der Waals surface area contributed by atoms with Crippen molar-refractivity contribution in [3.05, 3.63) is 30.1 Å². The number of amides is 1. The summed E-state index contributed by atoms with van der Waals surface area (Å²) in [6, 6.07) is 3.62. The van der Waals surface area contributed by atoms with Gasteiger partial charge in [-0.15, -0.1) is 0 Å². The van der Waals surface area contributed by atoms with E-state index in [2.05, 4.69) is 4.98 Å². The molecule has 0 aliphatic carbocycles. The molecular weight excluding hydrogens is 196 g/mol. The molecule has 1 heterocycles. The zero-order valence-corrected chi connectivity index (χ0v) is 8.77. The number of hydrogen-bond donors (Lipinski definition) is 1. The third-order valence-corrected chi connectivity index (χ3v) is 2.07. The summed E-state index contributed by atoms with van der Waals surface area (Å²) in [7, 11) is 1.37. The molecule has 0 aromatic carbocycles. The highest BCUT2D eigenvalue weighted by atomic mass is 16.7. The lowest BCUT2D eigenvalue weighted by atomic mass is 10.3. The van der Waals surface area contributed by atoms with Crippen LogP contribution in [-0.2, 0) is 20.9 Å². The van der Waals surface area contributed by atoms with Gasteiger partial charge in [0, 0.05) is 19.5 Å². The Hall–Kier alpha value is -1.46. The minimum Gasteiger partial charge on any atom is -0.365 e. The van der Waals surface area contributed by atoms with Gasteiger partial charge < -0.3 is 15.2 Å². The third kappa shape index (κ3) is 3.00. The Kier molecular flexibility index (Phi) is 3.76. The zero-order chi connectivity index (χ0) is 11.3. The molecule has 0 aliphatic heterocycles. The van der Waals surface area contributed by atoms with Crippen molar-refractivity contribution in [2.24, 2.45) is 5.73 Å². The monoisotopic (exact) mass is 210 g/mol. The molecule has 2 N–H and O–H groups in total. The van der Waals surface area contributed by atoms with Crippen molar-refractivity contribution >= 4 is 5.91 Å². The van der Waals surface area contributed by atoms with Crippen LogP contribution >= 0.6 is 0 Å². The Morgan fingerprint density at radius 3 is 2.87 bits per heavy atom. The lowest BCUT2D eigenvalue weighted by Crippen LogP contribution is -2.45. The smallest absolute Gasteiger partial charge is 0.277 e. The molecule has 1 rings (SSSR count). The van der Waals surface area contributed by atoms with Gasteiger partial charge in [-0.2, -0.15) is 0 Å². The summed E-state index contributed by atoms with van der Waals surface area (Å²) in [5.41, 5.74) is 5.99. The molecule has 0 spiro atoms. The van der Waals surface area contributed by atoms with E-state index in [-0.39, 0.29) is 6.61 Å². The topological polar surface area (TPSA) is 74.4 Å². The molecule has 0 aliphatic rings. The first-order valence-corrected chi connectivity index (χ1v) is 4.46. The molecule has 82 valence electrons. The van der Waals surface area contributed by atoms with Crippen molar-refractivity contribution in [3.63, 3.8) is 0 Å². The highest BCUT2D eigenvalue weighted by molar-refractivity contribution is 5.81. The van der Waals surface area contributed by atoms with E-state index in [1.807, 2.05) is 6.07 Å². The number of primary amides is 1. The van der Waals surface area contributed by atoms with Gasteiger partial charge in [-0.05, 0) is 18.6 Å². The predicted octanol–water partition coefficient (Wildman–Crippen LogP) is 0.446. The summed E-state index contributed by atoms with van der Waals surface area (Å²) in [6.45, 7) is 1.70. The van der Waals surface area contributed by atoms with E-state index in [0.29, 0.717) is 0 Å². The van der Waals surface area contributed by atoms with Crippen LogP contribution in [0.4, 0.5) is 0 Å². The van der Waals surface area contributed by atoms with Crippen molar-refractivity contribution in [3.8, 4) is 0 Å². The van der Waals surface area contributed by atoms with Crippen molar-refractivity contribution < 1.29 is 14.3 Å². The van der Waals surface area contributed by atoms with E-state index in [1.165, 1.54) is 14.0 Å². The van der Waals surface area contributed by atoms with E-state index >= 15 is 0 Å². The molecule has 1 aromatic heterocycles. The van der Waals surface area contributed by atoms with E-state index in [9.17, 15) is 4.79 Å². The van der Waals surface area contributed by atoms with Gasteiger partial charge in [0.15, 0.2) is 0 Å². The Morgan fingerprint density at radius 1 is 1.67 bits per heavy atom. The Balaban J connectivity index is 2.59. The van der Waals surface area contributed by atoms with Crippen LogP contribution in [0, 0.1) is 0 Å². The van der Waals surface area contributed by atoms with E-state index < -0.39 is 11.7 Å². The lowest BCUT2D eigenvalue weighted by molar-refractivity contribution is -0.213. The van der Waals surface area contributed by atoms with Gasteiger partial charge in [-0.1, -0.05) is 6.07 Å². The molecule has 1 aromatic rings. The van der Waals surface area contributed by atoms with Crippen LogP contribution in [0.5, 0.6) is 0 Å². The van der Waals surface area contributed by atoms with Crippen LogP contribution in [0.15, 0.2) is 24.5 Å². The van der Waals surface area contributed by atoms with E-state index in [1.54, 1.807) is 18.5 Å². The molecule has 1 amide bonds. The third-order valence-electron chi connectivity index (χ3n) is 2.07. The van der Waals surface area contributed by atoms with Gasteiger partial charge in [-0.3, -0.25) is 9.78 Å². The number of carbonyl (C=O) groups is 1. The Morgan fingerprint density at radius 2 is 2.40 bits per heavy atom. The highest BCUT2D eigenvalue weighted by Gasteiger charge is 2.31. The number of pyridine rings is 1. The number of nitrogens with zero attached hydrogens (tertiary/aromatic N) is 1. The van der Waals surface area contributed by atoms with Crippen LogP contribution in [-0.4, -0.2) is 23.8 Å². The minimum atomic E-state index is -1.39. The van der Waals surface area contributed by atoms with Gasteiger partial charge in [0.25, 0.3) is 5.91 Å². The van der Waals surface area contributed by atoms with Crippen LogP contribution in [0.1, 0.15) is 12.5 Å². The number of rotatable bonds is 5. The Bertz CT molecular complexity index is 329. The molecule has 1 unspecified atom stereocenters. The fraction of sp³-hybridized carbons (Fsp3) is 0.400. The number of ether oxygens (including phenoxy) is 2. The lowest BCUT2D eigenvalue weighted by Gasteiger charge is -2.24. The van der Waals surface area contributed by atoms with Crippen molar-refractivity contribution in [2.75, 3.05) is 7.11 Å². The van der Waals surface area contributed by atoms with Crippen molar-refractivity contribution in [1.29, 1.82) is 0 Å². The number of methoxy groups -OCH3 is 1. The number of aromatic nitrogens is 1. The standard InChI is InChI=1S/C10H14N2O3/c1-10(14-2,9(11)13)15-7-8-4-3-5-12-6-8/h3-6H,7H2,1-2H3,(H2,11,13). The van der Waals surface area contributed by atoms with Gasteiger partial charge in [0.2, 0.25) is 5.79 Å². The summed E-state index contributed by atoms with van der Waals surface area (Å²) in [5.74, 6) is -2.05. The summed E-state index contributed by atoms with van der Waals surface area (Å²) >= 11 is 0. The van der Waals surface area contributed by atoms with Gasteiger partial charge in [-0.25, -0.2) is 0 Å². The molecule has 0 fully saturated rings. The number of nitrogens with two attached hydrogens (primary N) is 1. The fourth-order valence-electron chi connectivity index (χ4n) is 0.935. The predicted molar refractivity (Wildman–Crippen MR) is 53.6 cm³/mol. The molecule has 0 saturated heterocycles. The highest BCUT2D eigenvalue weighted by Crippen LogP contribution is 2.13. The van der Waals surface area contributed by atoms with Gasteiger partial charge in [0.1, 0.15) is 0 Å². The van der Waals surface area contributed by atoms with Gasteiger partial charge in [0.05, 0.1) is 6.61 Å². The second-order valence-corrected chi connectivity index (χ2v) is 3.16. The molecular formula is C10H14N2O3. The maximum atomic E-state index is 11.0. The SMILES string of the molecule is COC(C)(OCc1cccnc1)C(N)=O. The first-order chi connectivity index (χ1) is 7.08. The van der Waals surface area contributed by atoms with Gasteiger partial charge >= 0.3 is 0 Å². The average Bonchev–Trinajstić information content (AvgIpc) is 2.27. The Labute approximate surface area is 88.2 Å². The zero-order valence-electron chi connectivity index (χ0n) is 8.77. The molecule has 5 nitrogen and oxygen atoms in total. The largest absolute Gasteiger partial charge is 0.365 e. The average molecular weight is 210 g/mol. The van der Waals surface area contributed by atoms with Crippen LogP contribution in [0.25, 0.3) is 0 Å². The normalized spacial score (nSPS) is 14.5. The second kappa shape index (κ2) is 4.86. The molecule has 5 heteroatoms. The van der Waals surface area contributed by atoms with E-state index in [4.69, 9.17) is 15.2 Å². The maximum Gasteiger partial charge on any atom is 0.277 e. The molecule has 0 radical (unpaired) electrons. The van der Waals surface area contributed by atoms with Crippen LogP contribution in [0.3, 0.4) is 0 Å². The van der Waals surface area contributed by atoms with Crippen molar-refractivity contribution in [2.45, 2.75) is 19.3 Å². The minimum absolute atomic E-state index is 0.223. The molecule has 0 bridgehead atoms. The summed E-state index contributed by atoms with van der Waals surface area (Å²) < 4.78 is 10.2. The number of carbonyl (C=O) groups excluding carboxylic acids is 1. The first kappa shape index (κ1) is 11.6. The van der Waals surface area contributed by atoms with Crippen molar-refractivity contribution in [1.82, 2.24) is 4.98 Å². The van der Waals surface area contributed by atoms with Crippen LogP contribution in [0.2, 0.25) is 0 Å². The molecule has 15 heavy (non-hydrogen) atoms. The maximum absolute atomic E-state index is 11.0. The summed E-state index contributed by atoms with van der Waals surface area (Å²) in [6.07, 6.45) is 3.31. The second-order valence-electron chi connectivity index (χ2n) is 3.16. The van der Waals surface area contributed by atoms with Crippen LogP contribution < -0.4 is 5.73 Å². The quantitative estimate of drug-likeness (QED) is 0.716. The molecule has 0 saturated carbocycles.